The molecule has 1 saturated heterocycles. The summed E-state index contributed by atoms with van der Waals surface area (Å²) in [5, 5.41) is 0. The molecule has 2 amide bonds. The van der Waals surface area contributed by atoms with Crippen molar-refractivity contribution in [2.24, 2.45) is 0 Å². The Morgan fingerprint density at radius 2 is 1.61 bits per heavy atom. The quantitative estimate of drug-likeness (QED) is 0.552. The first kappa shape index (κ1) is 23.2. The standard InChI is InChI=1S/C27H33N3O3/c1-3-29(20-22-8-5-4-6-9-22)25-24(23-12-10-21(2)11-13-23)26(31)30(27(25)32)15-7-14-28-16-18-33-19-17-28/h4-6,8-13H,3,7,14-20H2,1-2H3. The van der Waals surface area contributed by atoms with Crippen LogP contribution in [0.25, 0.3) is 5.57 Å². The zero-order chi connectivity index (χ0) is 23.2. The van der Waals surface area contributed by atoms with Crippen molar-refractivity contribution in [3.05, 3.63) is 77.0 Å². The highest BCUT2D eigenvalue weighted by Gasteiger charge is 2.41. The number of morpholine rings is 1. The number of likely N-dealkylation sites (N-methyl/N-ethyl adjacent to an activating group) is 1. The number of rotatable bonds is 9. The average molecular weight is 448 g/mol. The molecular weight excluding hydrogens is 414 g/mol. The fraction of sp³-hybridized carbons (Fsp3) is 0.407. The number of aryl methyl sites for hydroxylation is 1. The summed E-state index contributed by atoms with van der Waals surface area (Å²) in [4.78, 5) is 33.0. The summed E-state index contributed by atoms with van der Waals surface area (Å²) < 4.78 is 5.41. The molecule has 0 bridgehead atoms. The monoisotopic (exact) mass is 447 g/mol. The molecule has 4 rings (SSSR count). The van der Waals surface area contributed by atoms with Gasteiger partial charge in [-0.05, 0) is 31.4 Å². The Morgan fingerprint density at radius 3 is 2.27 bits per heavy atom. The summed E-state index contributed by atoms with van der Waals surface area (Å²) in [6.07, 6.45) is 0.761. The second-order valence-electron chi connectivity index (χ2n) is 8.66. The normalized spacial score (nSPS) is 17.2. The maximum Gasteiger partial charge on any atom is 0.277 e. The van der Waals surface area contributed by atoms with E-state index in [-0.39, 0.29) is 11.8 Å². The van der Waals surface area contributed by atoms with E-state index in [9.17, 15) is 9.59 Å². The maximum absolute atomic E-state index is 13.6. The first-order chi connectivity index (χ1) is 16.1. The van der Waals surface area contributed by atoms with Gasteiger partial charge < -0.3 is 9.64 Å². The zero-order valence-electron chi connectivity index (χ0n) is 19.6. The van der Waals surface area contributed by atoms with Crippen molar-refractivity contribution in [3.8, 4) is 0 Å². The lowest BCUT2D eigenvalue weighted by Crippen LogP contribution is -2.40. The summed E-state index contributed by atoms with van der Waals surface area (Å²) >= 11 is 0. The van der Waals surface area contributed by atoms with E-state index in [2.05, 4.69) is 17.0 Å². The van der Waals surface area contributed by atoms with Crippen LogP contribution in [0.5, 0.6) is 0 Å². The fourth-order valence-corrected chi connectivity index (χ4v) is 4.47. The molecule has 2 aromatic carbocycles. The molecule has 0 aliphatic carbocycles. The Labute approximate surface area is 196 Å². The van der Waals surface area contributed by atoms with Crippen molar-refractivity contribution < 1.29 is 14.3 Å². The first-order valence-electron chi connectivity index (χ1n) is 11.8. The number of ether oxygens (including phenoxy) is 1. The van der Waals surface area contributed by atoms with Crippen LogP contribution in [0.1, 0.15) is 30.0 Å². The Bertz CT molecular complexity index is 995. The molecule has 2 aliphatic rings. The Kier molecular flexibility index (Phi) is 7.57. The highest BCUT2D eigenvalue weighted by atomic mass is 16.5. The van der Waals surface area contributed by atoms with Crippen LogP contribution in [0.2, 0.25) is 0 Å². The molecule has 0 spiro atoms. The minimum absolute atomic E-state index is 0.185. The van der Waals surface area contributed by atoms with Crippen molar-refractivity contribution in [2.75, 3.05) is 45.9 Å². The second-order valence-corrected chi connectivity index (χ2v) is 8.66. The van der Waals surface area contributed by atoms with Gasteiger partial charge in [-0.2, -0.15) is 0 Å². The van der Waals surface area contributed by atoms with Gasteiger partial charge in [0.25, 0.3) is 11.8 Å². The Morgan fingerprint density at radius 1 is 0.909 bits per heavy atom. The minimum atomic E-state index is -0.188. The molecular formula is C27H33N3O3. The zero-order valence-corrected chi connectivity index (χ0v) is 19.6. The molecule has 1 fully saturated rings. The molecule has 2 heterocycles. The van der Waals surface area contributed by atoms with Gasteiger partial charge in [0, 0.05) is 39.3 Å². The van der Waals surface area contributed by atoms with E-state index in [1.807, 2.05) is 61.2 Å². The van der Waals surface area contributed by atoms with E-state index in [1.54, 1.807) is 0 Å². The van der Waals surface area contributed by atoms with Crippen LogP contribution < -0.4 is 0 Å². The number of imide groups is 1. The van der Waals surface area contributed by atoms with E-state index in [0.29, 0.717) is 30.9 Å². The van der Waals surface area contributed by atoms with E-state index >= 15 is 0 Å². The van der Waals surface area contributed by atoms with Gasteiger partial charge in [-0.25, -0.2) is 0 Å². The molecule has 0 radical (unpaired) electrons. The van der Waals surface area contributed by atoms with Crippen LogP contribution in [0.15, 0.2) is 60.3 Å². The molecule has 33 heavy (non-hydrogen) atoms. The summed E-state index contributed by atoms with van der Waals surface area (Å²) in [6, 6.07) is 18.0. The molecule has 2 aliphatic heterocycles. The lowest BCUT2D eigenvalue weighted by atomic mass is 10.0. The molecule has 0 saturated carbocycles. The van der Waals surface area contributed by atoms with E-state index < -0.39 is 0 Å². The van der Waals surface area contributed by atoms with Crippen molar-refractivity contribution >= 4 is 17.4 Å². The van der Waals surface area contributed by atoms with Gasteiger partial charge in [-0.15, -0.1) is 0 Å². The van der Waals surface area contributed by atoms with Crippen LogP contribution in [-0.4, -0.2) is 72.5 Å². The molecule has 6 nitrogen and oxygen atoms in total. The third-order valence-electron chi connectivity index (χ3n) is 6.36. The maximum atomic E-state index is 13.6. The van der Waals surface area contributed by atoms with Crippen molar-refractivity contribution in [1.29, 1.82) is 0 Å². The highest BCUT2D eigenvalue weighted by Crippen LogP contribution is 2.32. The van der Waals surface area contributed by atoms with Crippen LogP contribution in [0.3, 0.4) is 0 Å². The average Bonchev–Trinajstić information content (AvgIpc) is 3.09. The van der Waals surface area contributed by atoms with Crippen LogP contribution >= 0.6 is 0 Å². The third kappa shape index (κ3) is 5.34. The Balaban J connectivity index is 1.59. The lowest BCUT2D eigenvalue weighted by Gasteiger charge is -2.27. The van der Waals surface area contributed by atoms with Crippen molar-refractivity contribution in [3.63, 3.8) is 0 Å². The third-order valence-corrected chi connectivity index (χ3v) is 6.36. The summed E-state index contributed by atoms with van der Waals surface area (Å²) in [5.74, 6) is -0.373. The van der Waals surface area contributed by atoms with E-state index in [4.69, 9.17) is 4.74 Å². The molecule has 6 heteroatoms. The molecule has 0 unspecified atom stereocenters. The second kappa shape index (κ2) is 10.8. The molecule has 174 valence electrons. The van der Waals surface area contributed by atoms with Gasteiger partial charge in [0.1, 0.15) is 5.70 Å². The SMILES string of the molecule is CCN(Cc1ccccc1)C1=C(c2ccc(C)cc2)C(=O)N(CCCN2CCOCC2)C1=O. The van der Waals surface area contributed by atoms with Gasteiger partial charge in [-0.3, -0.25) is 19.4 Å². The van der Waals surface area contributed by atoms with Gasteiger partial charge >= 0.3 is 0 Å². The topological polar surface area (TPSA) is 53.1 Å². The smallest absolute Gasteiger partial charge is 0.277 e. The lowest BCUT2D eigenvalue weighted by molar-refractivity contribution is -0.137. The first-order valence-corrected chi connectivity index (χ1v) is 11.8. The predicted molar refractivity (Wildman–Crippen MR) is 129 cm³/mol. The van der Waals surface area contributed by atoms with Gasteiger partial charge in [0.15, 0.2) is 0 Å². The minimum Gasteiger partial charge on any atom is -0.379 e. The van der Waals surface area contributed by atoms with E-state index in [1.165, 1.54) is 4.90 Å². The summed E-state index contributed by atoms with van der Waals surface area (Å²) in [6.45, 7) is 9.86. The van der Waals surface area contributed by atoms with E-state index in [0.717, 1.165) is 56.0 Å². The molecule has 2 aromatic rings. The number of hydrogen-bond donors (Lipinski definition) is 0. The largest absolute Gasteiger partial charge is 0.379 e. The van der Waals surface area contributed by atoms with Crippen LogP contribution in [-0.2, 0) is 20.9 Å². The predicted octanol–water partition coefficient (Wildman–Crippen LogP) is 3.32. The van der Waals surface area contributed by atoms with Crippen LogP contribution in [0.4, 0.5) is 0 Å². The number of nitrogens with zero attached hydrogens (tertiary/aromatic N) is 3. The van der Waals surface area contributed by atoms with Gasteiger partial charge in [0.2, 0.25) is 0 Å². The van der Waals surface area contributed by atoms with Gasteiger partial charge in [0.05, 0.1) is 18.8 Å². The molecule has 0 N–H and O–H groups in total. The summed E-state index contributed by atoms with van der Waals surface area (Å²) in [7, 11) is 0. The Hall–Kier alpha value is -2.96. The number of benzene rings is 2. The number of carbonyl (C=O) groups excluding carboxylic acids is 2. The van der Waals surface area contributed by atoms with Crippen LogP contribution in [0, 0.1) is 6.92 Å². The summed E-state index contributed by atoms with van der Waals surface area (Å²) in [5.41, 5.74) is 4.07. The fourth-order valence-electron chi connectivity index (χ4n) is 4.47. The van der Waals surface area contributed by atoms with Gasteiger partial charge in [-0.1, -0.05) is 60.2 Å². The number of hydrogen-bond acceptors (Lipinski definition) is 5. The molecule has 0 atom stereocenters. The number of amides is 2. The molecule has 0 aromatic heterocycles. The van der Waals surface area contributed by atoms with Crippen molar-refractivity contribution in [2.45, 2.75) is 26.8 Å². The van der Waals surface area contributed by atoms with Crippen molar-refractivity contribution in [1.82, 2.24) is 14.7 Å². The highest BCUT2D eigenvalue weighted by molar-refractivity contribution is 6.35. The number of carbonyl (C=O) groups is 2.